The highest BCUT2D eigenvalue weighted by molar-refractivity contribution is 5.83. The van der Waals surface area contributed by atoms with Gasteiger partial charge in [0.2, 0.25) is 0 Å². The molecule has 0 fully saturated rings. The third kappa shape index (κ3) is 4.44. The Morgan fingerprint density at radius 1 is 1.07 bits per heavy atom. The molecule has 86 valence electrons. The molecule has 0 bridgehead atoms. The molecule has 0 aliphatic heterocycles. The van der Waals surface area contributed by atoms with Gasteiger partial charge in [0.05, 0.1) is 6.61 Å². The maximum atomic E-state index is 11.4. The van der Waals surface area contributed by atoms with Crippen LogP contribution in [0.15, 0.2) is 0 Å². The lowest BCUT2D eigenvalue weighted by molar-refractivity contribution is -0.232. The van der Waals surface area contributed by atoms with E-state index in [1.807, 2.05) is 0 Å². The number of hydrogen-bond acceptors (Lipinski definition) is 6. The molecule has 0 aromatic rings. The van der Waals surface area contributed by atoms with Crippen molar-refractivity contribution in [2.75, 3.05) is 6.61 Å². The molecule has 0 heterocycles. The molecule has 0 saturated carbocycles. The van der Waals surface area contributed by atoms with E-state index in [9.17, 15) is 14.4 Å². The van der Waals surface area contributed by atoms with Gasteiger partial charge in [-0.25, -0.2) is 4.79 Å². The van der Waals surface area contributed by atoms with Crippen LogP contribution in [0.1, 0.15) is 27.7 Å². The second-order valence-corrected chi connectivity index (χ2v) is 2.85. The van der Waals surface area contributed by atoms with E-state index in [-0.39, 0.29) is 6.61 Å². The van der Waals surface area contributed by atoms with Crippen LogP contribution in [0, 0.1) is 0 Å². The van der Waals surface area contributed by atoms with E-state index in [1.54, 1.807) is 6.92 Å². The summed E-state index contributed by atoms with van der Waals surface area (Å²) in [5.41, 5.74) is 0. The number of hydrogen-bond donors (Lipinski definition) is 0. The van der Waals surface area contributed by atoms with Gasteiger partial charge in [-0.05, 0) is 6.92 Å². The van der Waals surface area contributed by atoms with Crippen LogP contribution in [0.4, 0.5) is 0 Å². The van der Waals surface area contributed by atoms with Gasteiger partial charge in [0.1, 0.15) is 0 Å². The predicted octanol–water partition coefficient (Wildman–Crippen LogP) is 0.392. The summed E-state index contributed by atoms with van der Waals surface area (Å²) in [4.78, 5) is 32.8. The van der Waals surface area contributed by atoms with Crippen LogP contribution in [0.5, 0.6) is 0 Å². The third-order valence-corrected chi connectivity index (χ3v) is 1.32. The quantitative estimate of drug-likeness (QED) is 0.501. The van der Waals surface area contributed by atoms with Gasteiger partial charge in [0.25, 0.3) is 0 Å². The highest BCUT2D eigenvalue weighted by Gasteiger charge is 2.42. The molecular formula is C9H14O6. The largest absolute Gasteiger partial charge is 0.460 e. The first-order valence-corrected chi connectivity index (χ1v) is 4.38. The van der Waals surface area contributed by atoms with Gasteiger partial charge in [-0.3, -0.25) is 9.59 Å². The minimum atomic E-state index is -2.01. The van der Waals surface area contributed by atoms with Crippen molar-refractivity contribution in [3.05, 3.63) is 0 Å². The molecule has 6 heteroatoms. The molecule has 0 spiro atoms. The number of carbonyl (C=O) groups is 3. The minimum Gasteiger partial charge on any atom is -0.460 e. The number of esters is 3. The molecule has 15 heavy (non-hydrogen) atoms. The second-order valence-electron chi connectivity index (χ2n) is 2.85. The van der Waals surface area contributed by atoms with E-state index in [4.69, 9.17) is 0 Å². The molecule has 0 radical (unpaired) electrons. The van der Waals surface area contributed by atoms with Crippen molar-refractivity contribution in [2.45, 2.75) is 33.5 Å². The zero-order valence-corrected chi connectivity index (χ0v) is 9.16. The van der Waals surface area contributed by atoms with E-state index < -0.39 is 23.7 Å². The molecule has 0 aliphatic rings. The predicted molar refractivity (Wildman–Crippen MR) is 48.6 cm³/mol. The summed E-state index contributed by atoms with van der Waals surface area (Å²) in [7, 11) is 0. The Morgan fingerprint density at radius 2 is 1.47 bits per heavy atom. The number of rotatable bonds is 4. The standard InChI is InChI=1S/C9H14O6/c1-5-13-8(12)9(4,14-6(2)10)15-7(3)11/h5H2,1-4H3. The molecule has 0 aliphatic carbocycles. The summed E-state index contributed by atoms with van der Waals surface area (Å²) in [6.07, 6.45) is 0. The third-order valence-electron chi connectivity index (χ3n) is 1.32. The zero-order chi connectivity index (χ0) is 12.1. The van der Waals surface area contributed by atoms with Crippen LogP contribution in [-0.4, -0.2) is 30.3 Å². The smallest absolute Gasteiger partial charge is 0.392 e. The van der Waals surface area contributed by atoms with Gasteiger partial charge >= 0.3 is 23.7 Å². The van der Waals surface area contributed by atoms with Crippen LogP contribution in [0.3, 0.4) is 0 Å². The van der Waals surface area contributed by atoms with E-state index in [1.165, 1.54) is 0 Å². The van der Waals surface area contributed by atoms with Crippen LogP contribution in [0.2, 0.25) is 0 Å². The summed E-state index contributed by atoms with van der Waals surface area (Å²) < 4.78 is 13.8. The van der Waals surface area contributed by atoms with Crippen molar-refractivity contribution >= 4 is 17.9 Å². The maximum Gasteiger partial charge on any atom is 0.392 e. The van der Waals surface area contributed by atoms with Gasteiger partial charge in [-0.15, -0.1) is 0 Å². The fraction of sp³-hybridized carbons (Fsp3) is 0.667. The summed E-state index contributed by atoms with van der Waals surface area (Å²) in [6.45, 7) is 5.02. The Labute approximate surface area is 87.5 Å². The summed E-state index contributed by atoms with van der Waals surface area (Å²) >= 11 is 0. The minimum absolute atomic E-state index is 0.0942. The van der Waals surface area contributed by atoms with Gasteiger partial charge in [0, 0.05) is 20.8 Å². The Morgan fingerprint density at radius 3 is 1.73 bits per heavy atom. The van der Waals surface area contributed by atoms with Crippen molar-refractivity contribution in [1.82, 2.24) is 0 Å². The second kappa shape index (κ2) is 5.33. The first-order valence-electron chi connectivity index (χ1n) is 4.38. The van der Waals surface area contributed by atoms with Crippen molar-refractivity contribution in [3.8, 4) is 0 Å². The average molecular weight is 218 g/mol. The lowest BCUT2D eigenvalue weighted by Crippen LogP contribution is -2.45. The van der Waals surface area contributed by atoms with Crippen molar-refractivity contribution in [1.29, 1.82) is 0 Å². The first-order chi connectivity index (χ1) is 6.81. The van der Waals surface area contributed by atoms with Gasteiger partial charge in [0.15, 0.2) is 0 Å². The molecular weight excluding hydrogens is 204 g/mol. The zero-order valence-electron chi connectivity index (χ0n) is 9.16. The van der Waals surface area contributed by atoms with Crippen LogP contribution in [0.25, 0.3) is 0 Å². The SMILES string of the molecule is CCOC(=O)C(C)(OC(C)=O)OC(C)=O. The lowest BCUT2D eigenvalue weighted by Gasteiger charge is -2.25. The molecule has 0 saturated heterocycles. The Bertz CT molecular complexity index is 254. The first kappa shape index (κ1) is 13.4. The molecule has 6 nitrogen and oxygen atoms in total. The molecule has 0 amide bonds. The molecule has 0 N–H and O–H groups in total. The fourth-order valence-electron chi connectivity index (χ4n) is 0.915. The average Bonchev–Trinajstić information content (AvgIpc) is 2.01. The molecule has 0 unspecified atom stereocenters. The molecule has 0 aromatic heterocycles. The summed E-state index contributed by atoms with van der Waals surface area (Å²) in [5, 5.41) is 0. The van der Waals surface area contributed by atoms with E-state index in [0.717, 1.165) is 20.8 Å². The van der Waals surface area contributed by atoms with Crippen LogP contribution >= 0.6 is 0 Å². The van der Waals surface area contributed by atoms with Crippen molar-refractivity contribution in [3.63, 3.8) is 0 Å². The summed E-state index contributed by atoms with van der Waals surface area (Å²) in [5.74, 6) is -4.41. The molecule has 0 atom stereocenters. The Balaban J connectivity index is 4.74. The van der Waals surface area contributed by atoms with E-state index in [2.05, 4.69) is 14.2 Å². The lowest BCUT2D eigenvalue weighted by atomic mass is 10.3. The summed E-state index contributed by atoms with van der Waals surface area (Å²) in [6, 6.07) is 0. The van der Waals surface area contributed by atoms with Crippen LogP contribution in [-0.2, 0) is 28.6 Å². The van der Waals surface area contributed by atoms with Crippen LogP contribution < -0.4 is 0 Å². The number of carbonyl (C=O) groups excluding carboxylic acids is 3. The maximum absolute atomic E-state index is 11.4. The molecule has 0 aromatic carbocycles. The topological polar surface area (TPSA) is 78.9 Å². The van der Waals surface area contributed by atoms with Gasteiger partial charge < -0.3 is 14.2 Å². The highest BCUT2D eigenvalue weighted by atomic mass is 16.8. The van der Waals surface area contributed by atoms with Crippen molar-refractivity contribution in [2.24, 2.45) is 0 Å². The van der Waals surface area contributed by atoms with Gasteiger partial charge in [-0.2, -0.15) is 0 Å². The van der Waals surface area contributed by atoms with Gasteiger partial charge in [-0.1, -0.05) is 0 Å². The molecule has 0 rings (SSSR count). The van der Waals surface area contributed by atoms with E-state index >= 15 is 0 Å². The Hall–Kier alpha value is -1.59. The monoisotopic (exact) mass is 218 g/mol. The number of ether oxygens (including phenoxy) is 3. The Kier molecular flexibility index (Phi) is 4.77. The van der Waals surface area contributed by atoms with Crippen molar-refractivity contribution < 1.29 is 28.6 Å². The van der Waals surface area contributed by atoms with E-state index in [0.29, 0.717) is 0 Å². The fourth-order valence-corrected chi connectivity index (χ4v) is 0.915. The normalized spacial score (nSPS) is 10.4. The highest BCUT2D eigenvalue weighted by Crippen LogP contribution is 2.15.